The van der Waals surface area contributed by atoms with Crippen molar-refractivity contribution in [2.24, 2.45) is 0 Å². The van der Waals surface area contributed by atoms with Crippen LogP contribution < -0.4 is 4.74 Å². The quantitative estimate of drug-likeness (QED) is 0.793. The van der Waals surface area contributed by atoms with Gasteiger partial charge in [-0.15, -0.1) is 0 Å². The van der Waals surface area contributed by atoms with E-state index in [9.17, 15) is 13.6 Å². The molecular formula is C11H8ClF2NO3. The average molecular weight is 276 g/mol. The Balaban J connectivity index is 3.36. The number of nitriles is 1. The third-order valence-corrected chi connectivity index (χ3v) is 2.23. The number of ether oxygens (including phenoxy) is 2. The van der Waals surface area contributed by atoms with Gasteiger partial charge in [-0.05, 0) is 19.1 Å². The second-order valence-electron chi connectivity index (χ2n) is 3.01. The van der Waals surface area contributed by atoms with Crippen molar-refractivity contribution in [1.29, 1.82) is 5.26 Å². The van der Waals surface area contributed by atoms with Crippen LogP contribution in [-0.4, -0.2) is 19.2 Å². The van der Waals surface area contributed by atoms with Crippen LogP contribution in [0.4, 0.5) is 8.78 Å². The van der Waals surface area contributed by atoms with Gasteiger partial charge < -0.3 is 9.47 Å². The first kappa shape index (κ1) is 14.2. The van der Waals surface area contributed by atoms with Crippen LogP contribution in [0.2, 0.25) is 5.02 Å². The Labute approximate surface area is 107 Å². The van der Waals surface area contributed by atoms with Gasteiger partial charge in [-0.25, -0.2) is 4.79 Å². The Hall–Kier alpha value is -1.87. The van der Waals surface area contributed by atoms with Crippen molar-refractivity contribution in [2.45, 2.75) is 13.5 Å². The molecule has 1 rings (SSSR count). The molecule has 0 fully saturated rings. The molecule has 0 bridgehead atoms. The summed E-state index contributed by atoms with van der Waals surface area (Å²) in [6.07, 6.45) is 0. The minimum absolute atomic E-state index is 0.0417. The van der Waals surface area contributed by atoms with Gasteiger partial charge in [0.25, 0.3) is 0 Å². The molecule has 4 nitrogen and oxygen atoms in total. The zero-order chi connectivity index (χ0) is 13.7. The first-order valence-corrected chi connectivity index (χ1v) is 5.23. The number of carbonyl (C=O) groups is 1. The van der Waals surface area contributed by atoms with Crippen LogP contribution in [-0.2, 0) is 4.74 Å². The van der Waals surface area contributed by atoms with E-state index in [-0.39, 0.29) is 22.8 Å². The molecule has 0 aliphatic rings. The summed E-state index contributed by atoms with van der Waals surface area (Å²) in [7, 11) is 0. The van der Waals surface area contributed by atoms with E-state index in [0.29, 0.717) is 0 Å². The molecule has 0 amide bonds. The topological polar surface area (TPSA) is 59.3 Å². The smallest absolute Gasteiger partial charge is 0.387 e. The van der Waals surface area contributed by atoms with Gasteiger partial charge in [0.2, 0.25) is 0 Å². The number of rotatable bonds is 4. The first-order valence-electron chi connectivity index (χ1n) is 4.85. The molecule has 0 aromatic heterocycles. The number of carbonyl (C=O) groups excluding carboxylic acids is 1. The number of halogens is 3. The van der Waals surface area contributed by atoms with Gasteiger partial charge >= 0.3 is 12.6 Å². The molecule has 0 heterocycles. The number of nitrogens with zero attached hydrogens (tertiary/aromatic N) is 1. The highest BCUT2D eigenvalue weighted by Gasteiger charge is 2.24. The molecule has 1 aromatic rings. The molecule has 0 radical (unpaired) electrons. The van der Waals surface area contributed by atoms with Gasteiger partial charge in [0.1, 0.15) is 11.6 Å². The van der Waals surface area contributed by atoms with Gasteiger partial charge in [-0.1, -0.05) is 11.6 Å². The summed E-state index contributed by atoms with van der Waals surface area (Å²) in [5.74, 6) is -1.49. The molecule has 0 N–H and O–H groups in total. The van der Waals surface area contributed by atoms with Crippen LogP contribution in [0.15, 0.2) is 12.1 Å². The Morgan fingerprint density at radius 1 is 1.56 bits per heavy atom. The first-order chi connectivity index (χ1) is 8.51. The van der Waals surface area contributed by atoms with Crippen LogP contribution in [0.3, 0.4) is 0 Å². The maximum Gasteiger partial charge on any atom is 0.387 e. The van der Waals surface area contributed by atoms with Crippen LogP contribution in [0.5, 0.6) is 5.75 Å². The van der Waals surface area contributed by atoms with Crippen molar-refractivity contribution in [2.75, 3.05) is 6.61 Å². The standard InChI is InChI=1S/C11H8ClF2NO3/c1-2-17-10(16)8-7(12)4-3-6(5-15)9(8)18-11(13)14/h3-4,11H,2H2,1H3. The van der Waals surface area contributed by atoms with E-state index in [1.807, 2.05) is 0 Å². The highest BCUT2D eigenvalue weighted by Crippen LogP contribution is 2.32. The molecule has 0 aliphatic carbocycles. The molecule has 7 heteroatoms. The summed E-state index contributed by atoms with van der Waals surface area (Å²) in [4.78, 5) is 11.6. The predicted octanol–water partition coefficient (Wildman–Crippen LogP) is 2.99. The maximum atomic E-state index is 12.3. The van der Waals surface area contributed by atoms with Crippen molar-refractivity contribution in [3.8, 4) is 11.8 Å². The zero-order valence-electron chi connectivity index (χ0n) is 9.25. The summed E-state index contributed by atoms with van der Waals surface area (Å²) in [6.45, 7) is -1.59. The second-order valence-corrected chi connectivity index (χ2v) is 3.42. The number of benzene rings is 1. The summed E-state index contributed by atoms with van der Waals surface area (Å²) in [6, 6.07) is 4.06. The summed E-state index contributed by atoms with van der Waals surface area (Å²) in [5.41, 5.74) is -0.597. The second kappa shape index (κ2) is 6.17. The maximum absolute atomic E-state index is 12.3. The molecule has 0 spiro atoms. The minimum atomic E-state index is -3.18. The summed E-state index contributed by atoms with van der Waals surface area (Å²) in [5, 5.41) is 8.67. The van der Waals surface area contributed by atoms with Gasteiger partial charge in [0.15, 0.2) is 5.75 Å². The lowest BCUT2D eigenvalue weighted by Gasteiger charge is -2.12. The molecule has 0 saturated carbocycles. The minimum Gasteiger partial charge on any atom is -0.462 e. The van der Waals surface area contributed by atoms with E-state index < -0.39 is 18.3 Å². The number of hydrogen-bond donors (Lipinski definition) is 0. The van der Waals surface area contributed by atoms with Crippen molar-refractivity contribution >= 4 is 17.6 Å². The van der Waals surface area contributed by atoms with Crippen LogP contribution in [0, 0.1) is 11.3 Å². The molecule has 0 unspecified atom stereocenters. The number of hydrogen-bond acceptors (Lipinski definition) is 4. The summed E-state index contributed by atoms with van der Waals surface area (Å²) < 4.78 is 33.4. The fourth-order valence-corrected chi connectivity index (χ4v) is 1.48. The van der Waals surface area contributed by atoms with Crippen molar-refractivity contribution in [1.82, 2.24) is 0 Å². The normalized spacial score (nSPS) is 10.0. The fraction of sp³-hybridized carbons (Fsp3) is 0.273. The third kappa shape index (κ3) is 3.08. The van der Waals surface area contributed by atoms with E-state index in [1.54, 1.807) is 13.0 Å². The van der Waals surface area contributed by atoms with Crippen LogP contribution >= 0.6 is 11.6 Å². The molecular weight excluding hydrogens is 268 g/mol. The lowest BCUT2D eigenvalue weighted by molar-refractivity contribution is -0.0506. The van der Waals surface area contributed by atoms with E-state index in [0.717, 1.165) is 0 Å². The average Bonchev–Trinajstić information content (AvgIpc) is 2.29. The lowest BCUT2D eigenvalue weighted by atomic mass is 10.1. The molecule has 1 aromatic carbocycles. The van der Waals surface area contributed by atoms with E-state index in [2.05, 4.69) is 9.47 Å². The Bertz CT molecular complexity index is 500. The Morgan fingerprint density at radius 3 is 2.72 bits per heavy atom. The SMILES string of the molecule is CCOC(=O)c1c(Cl)ccc(C#N)c1OC(F)F. The molecule has 96 valence electrons. The monoisotopic (exact) mass is 275 g/mol. The van der Waals surface area contributed by atoms with Crippen molar-refractivity contribution in [3.05, 3.63) is 28.3 Å². The zero-order valence-corrected chi connectivity index (χ0v) is 10.0. The third-order valence-electron chi connectivity index (χ3n) is 1.91. The van der Waals surface area contributed by atoms with E-state index >= 15 is 0 Å². The highest BCUT2D eigenvalue weighted by atomic mass is 35.5. The Kier molecular flexibility index (Phi) is 4.86. The fourth-order valence-electron chi connectivity index (χ4n) is 1.25. The van der Waals surface area contributed by atoms with E-state index in [4.69, 9.17) is 16.9 Å². The summed E-state index contributed by atoms with van der Waals surface area (Å²) >= 11 is 5.74. The molecule has 0 saturated heterocycles. The van der Waals surface area contributed by atoms with Gasteiger partial charge in [0.05, 0.1) is 17.2 Å². The lowest BCUT2D eigenvalue weighted by Crippen LogP contribution is -2.12. The van der Waals surface area contributed by atoms with E-state index in [1.165, 1.54) is 12.1 Å². The highest BCUT2D eigenvalue weighted by molar-refractivity contribution is 6.34. The van der Waals surface area contributed by atoms with Crippen LogP contribution in [0.1, 0.15) is 22.8 Å². The largest absolute Gasteiger partial charge is 0.462 e. The molecule has 0 aliphatic heterocycles. The van der Waals surface area contributed by atoms with Gasteiger partial charge in [-0.2, -0.15) is 14.0 Å². The van der Waals surface area contributed by atoms with Crippen LogP contribution in [0.25, 0.3) is 0 Å². The van der Waals surface area contributed by atoms with Gasteiger partial charge in [0, 0.05) is 0 Å². The Morgan fingerprint density at radius 2 is 2.22 bits per heavy atom. The number of esters is 1. The van der Waals surface area contributed by atoms with Gasteiger partial charge in [-0.3, -0.25) is 0 Å². The van der Waals surface area contributed by atoms with Crippen molar-refractivity contribution < 1.29 is 23.0 Å². The molecule has 18 heavy (non-hydrogen) atoms. The molecule has 0 atom stereocenters. The number of alkyl halides is 2. The van der Waals surface area contributed by atoms with Crippen molar-refractivity contribution in [3.63, 3.8) is 0 Å². The predicted molar refractivity (Wildman–Crippen MR) is 58.8 cm³/mol.